The highest BCUT2D eigenvalue weighted by Gasteiger charge is 2.18. The van der Waals surface area contributed by atoms with E-state index in [1.165, 1.54) is 0 Å². The Morgan fingerprint density at radius 1 is 1.25 bits per heavy atom. The number of rotatable bonds is 5. The Labute approximate surface area is 145 Å². The molecule has 1 fully saturated rings. The molecule has 0 aliphatic carbocycles. The molecule has 3 heterocycles. The molecule has 1 saturated heterocycles. The SMILES string of the molecule is CCCc1nnsc1C(=O)Nc1cnc(N2CCN(C)CC2)nc1. The largest absolute Gasteiger partial charge is 0.338 e. The predicted octanol–water partition coefficient (Wildman–Crippen LogP) is 1.28. The molecule has 0 unspecified atom stereocenters. The number of nitrogens with zero attached hydrogens (tertiary/aromatic N) is 6. The maximum Gasteiger partial charge on any atom is 0.269 e. The van der Waals surface area contributed by atoms with Crippen LogP contribution in [-0.4, -0.2) is 63.6 Å². The van der Waals surface area contributed by atoms with Gasteiger partial charge in [0.25, 0.3) is 5.91 Å². The first-order valence-corrected chi connectivity index (χ1v) is 8.83. The number of piperazine rings is 1. The monoisotopic (exact) mass is 347 g/mol. The van der Waals surface area contributed by atoms with E-state index in [0.29, 0.717) is 16.5 Å². The number of aromatic nitrogens is 4. The van der Waals surface area contributed by atoms with Crippen molar-refractivity contribution in [2.75, 3.05) is 43.4 Å². The lowest BCUT2D eigenvalue weighted by Gasteiger charge is -2.32. The van der Waals surface area contributed by atoms with Gasteiger partial charge in [-0.2, -0.15) is 0 Å². The molecule has 128 valence electrons. The van der Waals surface area contributed by atoms with Crippen LogP contribution < -0.4 is 10.2 Å². The summed E-state index contributed by atoms with van der Waals surface area (Å²) in [6.45, 7) is 5.87. The third kappa shape index (κ3) is 3.85. The summed E-state index contributed by atoms with van der Waals surface area (Å²) < 4.78 is 3.87. The fourth-order valence-corrected chi connectivity index (χ4v) is 3.13. The highest BCUT2D eigenvalue weighted by atomic mass is 32.1. The summed E-state index contributed by atoms with van der Waals surface area (Å²) in [4.78, 5) is 26.1. The number of anilines is 2. The number of amides is 1. The van der Waals surface area contributed by atoms with E-state index in [1.807, 2.05) is 6.92 Å². The molecule has 0 spiro atoms. The predicted molar refractivity (Wildman–Crippen MR) is 93.6 cm³/mol. The van der Waals surface area contributed by atoms with E-state index in [9.17, 15) is 4.79 Å². The molecule has 1 N–H and O–H groups in total. The van der Waals surface area contributed by atoms with Crippen LogP contribution in [0.5, 0.6) is 0 Å². The van der Waals surface area contributed by atoms with E-state index in [1.54, 1.807) is 12.4 Å². The molecule has 0 aromatic carbocycles. The van der Waals surface area contributed by atoms with Gasteiger partial charge in [0.2, 0.25) is 5.95 Å². The third-order valence-electron chi connectivity index (χ3n) is 3.93. The van der Waals surface area contributed by atoms with Gasteiger partial charge in [-0.05, 0) is 25.0 Å². The number of nitrogens with one attached hydrogen (secondary N) is 1. The molecule has 0 radical (unpaired) electrons. The van der Waals surface area contributed by atoms with E-state index < -0.39 is 0 Å². The van der Waals surface area contributed by atoms with E-state index >= 15 is 0 Å². The molecule has 1 aliphatic rings. The number of aryl methyl sites for hydroxylation is 1. The number of hydrogen-bond donors (Lipinski definition) is 1. The van der Waals surface area contributed by atoms with Gasteiger partial charge in [0.1, 0.15) is 4.88 Å². The summed E-state index contributed by atoms with van der Waals surface area (Å²) in [5, 5.41) is 6.84. The second kappa shape index (κ2) is 7.63. The maximum absolute atomic E-state index is 12.3. The first-order chi connectivity index (χ1) is 11.7. The van der Waals surface area contributed by atoms with Crippen molar-refractivity contribution in [2.45, 2.75) is 19.8 Å². The fourth-order valence-electron chi connectivity index (χ4n) is 2.52. The number of carbonyl (C=O) groups excluding carboxylic acids is 1. The third-order valence-corrected chi connectivity index (χ3v) is 4.70. The van der Waals surface area contributed by atoms with Crippen molar-refractivity contribution in [3.8, 4) is 0 Å². The topological polar surface area (TPSA) is 87.1 Å². The summed E-state index contributed by atoms with van der Waals surface area (Å²) in [5.41, 5.74) is 1.32. The second-order valence-corrected chi connectivity index (χ2v) is 6.57. The molecule has 24 heavy (non-hydrogen) atoms. The Bertz CT molecular complexity index is 679. The van der Waals surface area contributed by atoms with Gasteiger partial charge in [0.05, 0.1) is 23.8 Å². The molecule has 2 aromatic rings. The Morgan fingerprint density at radius 3 is 2.62 bits per heavy atom. The lowest BCUT2D eigenvalue weighted by atomic mass is 10.2. The average Bonchev–Trinajstić information content (AvgIpc) is 3.05. The smallest absolute Gasteiger partial charge is 0.269 e. The molecule has 8 nitrogen and oxygen atoms in total. The minimum absolute atomic E-state index is 0.204. The van der Waals surface area contributed by atoms with Crippen molar-refractivity contribution in [1.29, 1.82) is 0 Å². The Balaban J connectivity index is 1.63. The van der Waals surface area contributed by atoms with Crippen molar-refractivity contribution in [1.82, 2.24) is 24.5 Å². The van der Waals surface area contributed by atoms with Gasteiger partial charge >= 0.3 is 0 Å². The fraction of sp³-hybridized carbons (Fsp3) is 0.533. The molecule has 9 heteroatoms. The van der Waals surface area contributed by atoms with Gasteiger partial charge in [-0.25, -0.2) is 9.97 Å². The Kier molecular flexibility index (Phi) is 5.31. The second-order valence-electron chi connectivity index (χ2n) is 5.81. The van der Waals surface area contributed by atoms with Gasteiger partial charge in [-0.1, -0.05) is 17.8 Å². The first-order valence-electron chi connectivity index (χ1n) is 8.05. The van der Waals surface area contributed by atoms with E-state index in [2.05, 4.69) is 41.7 Å². The minimum Gasteiger partial charge on any atom is -0.338 e. The lowest BCUT2D eigenvalue weighted by molar-refractivity contribution is 0.102. The van der Waals surface area contributed by atoms with Crippen LogP contribution in [0.2, 0.25) is 0 Å². The molecule has 0 saturated carbocycles. The van der Waals surface area contributed by atoms with Crippen LogP contribution in [0.15, 0.2) is 12.4 Å². The van der Waals surface area contributed by atoms with E-state index in [-0.39, 0.29) is 5.91 Å². The van der Waals surface area contributed by atoms with Crippen LogP contribution in [0.25, 0.3) is 0 Å². The van der Waals surface area contributed by atoms with Gasteiger partial charge in [-0.3, -0.25) is 4.79 Å². The van der Waals surface area contributed by atoms with E-state index in [0.717, 1.165) is 56.2 Å². The van der Waals surface area contributed by atoms with Gasteiger partial charge < -0.3 is 15.1 Å². The highest BCUT2D eigenvalue weighted by molar-refractivity contribution is 7.08. The van der Waals surface area contributed by atoms with Gasteiger partial charge in [0, 0.05) is 26.2 Å². The zero-order chi connectivity index (χ0) is 16.9. The summed E-state index contributed by atoms with van der Waals surface area (Å²) in [7, 11) is 2.11. The van der Waals surface area contributed by atoms with Crippen molar-refractivity contribution in [3.05, 3.63) is 23.0 Å². The summed E-state index contributed by atoms with van der Waals surface area (Å²) >= 11 is 1.12. The van der Waals surface area contributed by atoms with Gasteiger partial charge in [-0.15, -0.1) is 5.10 Å². The Morgan fingerprint density at radius 2 is 1.96 bits per heavy atom. The quantitative estimate of drug-likeness (QED) is 0.872. The molecule has 0 bridgehead atoms. The molecular formula is C15H21N7OS. The summed E-state index contributed by atoms with van der Waals surface area (Å²) in [6, 6.07) is 0. The molecular weight excluding hydrogens is 326 g/mol. The van der Waals surface area contributed by atoms with Crippen LogP contribution >= 0.6 is 11.5 Å². The zero-order valence-corrected chi connectivity index (χ0v) is 14.7. The number of likely N-dealkylation sites (N-methyl/N-ethyl adjacent to an activating group) is 1. The van der Waals surface area contributed by atoms with Crippen molar-refractivity contribution in [2.24, 2.45) is 0 Å². The molecule has 1 aliphatic heterocycles. The van der Waals surface area contributed by atoms with Crippen molar-refractivity contribution < 1.29 is 4.79 Å². The molecule has 2 aromatic heterocycles. The van der Waals surface area contributed by atoms with Gasteiger partial charge in [0.15, 0.2) is 0 Å². The molecule has 0 atom stereocenters. The maximum atomic E-state index is 12.3. The standard InChI is InChI=1S/C15H21N7OS/c1-3-4-12-13(24-20-19-12)14(23)18-11-9-16-15(17-10-11)22-7-5-21(2)6-8-22/h9-10H,3-8H2,1-2H3,(H,18,23). The van der Waals surface area contributed by atoms with Crippen molar-refractivity contribution in [3.63, 3.8) is 0 Å². The van der Waals surface area contributed by atoms with Crippen molar-refractivity contribution >= 4 is 29.1 Å². The normalized spacial score (nSPS) is 15.5. The first kappa shape index (κ1) is 16.7. The molecule has 3 rings (SSSR count). The van der Waals surface area contributed by atoms with Crippen LogP contribution in [0, 0.1) is 0 Å². The number of hydrogen-bond acceptors (Lipinski definition) is 8. The highest BCUT2D eigenvalue weighted by Crippen LogP contribution is 2.16. The summed E-state index contributed by atoms with van der Waals surface area (Å²) in [6.07, 6.45) is 4.96. The van der Waals surface area contributed by atoms with Crippen LogP contribution in [-0.2, 0) is 6.42 Å². The van der Waals surface area contributed by atoms with Crippen LogP contribution in [0.4, 0.5) is 11.6 Å². The van der Waals surface area contributed by atoms with E-state index in [4.69, 9.17) is 0 Å². The lowest BCUT2D eigenvalue weighted by Crippen LogP contribution is -2.45. The zero-order valence-electron chi connectivity index (χ0n) is 13.9. The molecule has 1 amide bonds. The van der Waals surface area contributed by atoms with Crippen LogP contribution in [0.1, 0.15) is 28.7 Å². The average molecular weight is 347 g/mol. The minimum atomic E-state index is -0.204. The van der Waals surface area contributed by atoms with Crippen LogP contribution in [0.3, 0.4) is 0 Å². The number of carbonyl (C=O) groups is 1. The Hall–Kier alpha value is -2.13. The summed E-state index contributed by atoms with van der Waals surface area (Å²) in [5.74, 6) is 0.497.